The molecule has 4 heterocycles. The van der Waals surface area contributed by atoms with E-state index in [4.69, 9.17) is 4.42 Å². The van der Waals surface area contributed by atoms with Gasteiger partial charge in [0, 0.05) is 35.5 Å². The lowest BCUT2D eigenvalue weighted by molar-refractivity contribution is 0.0654. The number of aromatic nitrogens is 1. The molecule has 3 heteroatoms. The highest BCUT2D eigenvalue weighted by Crippen LogP contribution is 2.68. The van der Waals surface area contributed by atoms with Crippen molar-refractivity contribution in [1.29, 1.82) is 0 Å². The van der Waals surface area contributed by atoms with Gasteiger partial charge in [0.25, 0.3) is 0 Å². The van der Waals surface area contributed by atoms with Gasteiger partial charge in [-0.15, -0.1) is 0 Å². The van der Waals surface area contributed by atoms with Gasteiger partial charge in [-0.2, -0.15) is 0 Å². The summed E-state index contributed by atoms with van der Waals surface area (Å²) in [5, 5.41) is 0. The second-order valence-electron chi connectivity index (χ2n) is 9.79. The van der Waals surface area contributed by atoms with Gasteiger partial charge in [0.1, 0.15) is 0 Å². The Labute approximate surface area is 162 Å². The Kier molecular flexibility index (Phi) is 2.91. The molecule has 0 saturated carbocycles. The molecule has 5 rings (SSSR count). The highest BCUT2D eigenvalue weighted by molar-refractivity contribution is 5.86. The van der Waals surface area contributed by atoms with E-state index in [1.807, 2.05) is 6.26 Å². The Bertz CT molecular complexity index is 1100. The molecule has 3 nitrogen and oxygen atoms in total. The summed E-state index contributed by atoms with van der Waals surface area (Å²) in [6.45, 7) is 16.8. The summed E-state index contributed by atoms with van der Waals surface area (Å²) in [7, 11) is 2.19. The SMILES string of the molecule is Cc1cccc2c1N1C(C)c3c(c4occc4n3C)C1(C)C(C)(C)C2(C)C. The first-order chi connectivity index (χ1) is 12.6. The molecule has 0 fully saturated rings. The second-order valence-corrected chi connectivity index (χ2v) is 9.79. The van der Waals surface area contributed by atoms with Crippen LogP contribution in [-0.2, 0) is 18.0 Å². The van der Waals surface area contributed by atoms with Crippen LogP contribution in [0.1, 0.15) is 70.0 Å². The van der Waals surface area contributed by atoms with E-state index in [2.05, 4.69) is 89.2 Å². The number of furan rings is 1. The monoisotopic (exact) mass is 362 g/mol. The fourth-order valence-electron chi connectivity index (χ4n) is 6.22. The van der Waals surface area contributed by atoms with E-state index in [0.717, 1.165) is 5.58 Å². The number of para-hydroxylation sites is 1. The molecule has 142 valence electrons. The van der Waals surface area contributed by atoms with Crippen LogP contribution in [0.5, 0.6) is 0 Å². The molecule has 3 aromatic rings. The maximum Gasteiger partial charge on any atom is 0.157 e. The lowest BCUT2D eigenvalue weighted by Crippen LogP contribution is -2.62. The van der Waals surface area contributed by atoms with Crippen molar-refractivity contribution < 1.29 is 4.42 Å². The van der Waals surface area contributed by atoms with E-state index < -0.39 is 0 Å². The van der Waals surface area contributed by atoms with Crippen molar-refractivity contribution in [2.75, 3.05) is 4.90 Å². The first-order valence-electron chi connectivity index (χ1n) is 10.0. The van der Waals surface area contributed by atoms with Crippen LogP contribution in [0.2, 0.25) is 0 Å². The van der Waals surface area contributed by atoms with Crippen LogP contribution >= 0.6 is 0 Å². The van der Waals surface area contributed by atoms with E-state index in [-0.39, 0.29) is 16.4 Å². The van der Waals surface area contributed by atoms with E-state index in [1.54, 1.807) is 0 Å². The Morgan fingerprint density at radius 3 is 2.44 bits per heavy atom. The topological polar surface area (TPSA) is 21.3 Å². The lowest BCUT2D eigenvalue weighted by Gasteiger charge is -2.62. The number of fused-ring (bicyclic) bond motifs is 7. The standard InChI is InChI=1S/C24H30N2O/c1-14-10-9-11-16-19(14)26-15(2)20-18(21-17(25(20)8)12-13-27-21)24(26,7)23(5,6)22(16,3)4/h9-13,15H,1-8H3. The first-order valence-corrected chi connectivity index (χ1v) is 10.0. The van der Waals surface area contributed by atoms with Crippen LogP contribution in [0.15, 0.2) is 34.9 Å². The van der Waals surface area contributed by atoms with Crippen LogP contribution in [0.4, 0.5) is 5.69 Å². The first kappa shape index (κ1) is 17.0. The number of aryl methyl sites for hydroxylation is 2. The number of rotatable bonds is 0. The summed E-state index contributed by atoms with van der Waals surface area (Å²) < 4.78 is 8.43. The molecule has 27 heavy (non-hydrogen) atoms. The van der Waals surface area contributed by atoms with Crippen molar-refractivity contribution in [3.8, 4) is 0 Å². The van der Waals surface area contributed by atoms with Gasteiger partial charge < -0.3 is 13.9 Å². The highest BCUT2D eigenvalue weighted by Gasteiger charge is 2.65. The van der Waals surface area contributed by atoms with Crippen LogP contribution in [0, 0.1) is 12.3 Å². The third-order valence-corrected chi connectivity index (χ3v) is 8.53. The molecule has 0 N–H and O–H groups in total. The number of hydrogen-bond donors (Lipinski definition) is 0. The van der Waals surface area contributed by atoms with Crippen molar-refractivity contribution in [3.63, 3.8) is 0 Å². The van der Waals surface area contributed by atoms with Crippen molar-refractivity contribution in [2.24, 2.45) is 12.5 Å². The minimum Gasteiger partial charge on any atom is -0.462 e. The zero-order chi connectivity index (χ0) is 19.5. The second kappa shape index (κ2) is 4.63. The Morgan fingerprint density at radius 2 is 1.74 bits per heavy atom. The number of nitrogens with zero attached hydrogens (tertiary/aromatic N) is 2. The van der Waals surface area contributed by atoms with E-state index in [1.165, 1.54) is 33.6 Å². The number of hydrogen-bond acceptors (Lipinski definition) is 2. The Morgan fingerprint density at radius 1 is 1.04 bits per heavy atom. The van der Waals surface area contributed by atoms with Gasteiger partial charge in [-0.3, -0.25) is 0 Å². The molecule has 0 spiro atoms. The maximum absolute atomic E-state index is 6.08. The number of benzene rings is 1. The Hall–Kier alpha value is -2.16. The summed E-state index contributed by atoms with van der Waals surface area (Å²) in [5.74, 6) is 0. The minimum atomic E-state index is -0.151. The van der Waals surface area contributed by atoms with Crippen LogP contribution in [0.3, 0.4) is 0 Å². The largest absolute Gasteiger partial charge is 0.462 e. The molecule has 0 aliphatic carbocycles. The molecule has 2 aromatic heterocycles. The van der Waals surface area contributed by atoms with Gasteiger partial charge >= 0.3 is 0 Å². The summed E-state index contributed by atoms with van der Waals surface area (Å²) in [4.78, 5) is 2.69. The molecule has 0 saturated heterocycles. The normalized spacial score (nSPS) is 27.6. The summed E-state index contributed by atoms with van der Waals surface area (Å²) in [6.07, 6.45) is 1.84. The third-order valence-electron chi connectivity index (χ3n) is 8.53. The van der Waals surface area contributed by atoms with Crippen LogP contribution < -0.4 is 4.90 Å². The average molecular weight is 363 g/mol. The van der Waals surface area contributed by atoms with Crippen molar-refractivity contribution in [3.05, 3.63) is 52.9 Å². The quantitative estimate of drug-likeness (QED) is 0.475. The van der Waals surface area contributed by atoms with Gasteiger partial charge in [-0.1, -0.05) is 45.9 Å². The van der Waals surface area contributed by atoms with Gasteiger partial charge in [-0.05, 0) is 37.3 Å². The predicted octanol–water partition coefficient (Wildman–Crippen LogP) is 6.19. The van der Waals surface area contributed by atoms with Gasteiger partial charge in [0.05, 0.1) is 23.4 Å². The third kappa shape index (κ3) is 1.54. The van der Waals surface area contributed by atoms with Crippen molar-refractivity contribution >= 4 is 16.8 Å². The zero-order valence-electron chi connectivity index (χ0n) is 17.8. The van der Waals surface area contributed by atoms with E-state index in [9.17, 15) is 0 Å². The zero-order valence-corrected chi connectivity index (χ0v) is 17.8. The van der Waals surface area contributed by atoms with Crippen molar-refractivity contribution in [1.82, 2.24) is 4.57 Å². The van der Waals surface area contributed by atoms with Crippen LogP contribution in [-0.4, -0.2) is 4.57 Å². The molecule has 2 unspecified atom stereocenters. The molecular weight excluding hydrogens is 332 g/mol. The van der Waals surface area contributed by atoms with Crippen molar-refractivity contribution in [2.45, 2.75) is 65.5 Å². The van der Waals surface area contributed by atoms with E-state index >= 15 is 0 Å². The number of anilines is 1. The summed E-state index contributed by atoms with van der Waals surface area (Å²) >= 11 is 0. The summed E-state index contributed by atoms with van der Waals surface area (Å²) in [6, 6.07) is 9.21. The fraction of sp³-hybridized carbons (Fsp3) is 0.500. The predicted molar refractivity (Wildman–Crippen MR) is 111 cm³/mol. The highest BCUT2D eigenvalue weighted by atomic mass is 16.3. The van der Waals surface area contributed by atoms with Gasteiger partial charge in [-0.25, -0.2) is 0 Å². The molecule has 1 aromatic carbocycles. The van der Waals surface area contributed by atoms with Crippen LogP contribution in [0.25, 0.3) is 11.1 Å². The maximum atomic E-state index is 6.08. The molecule has 2 aliphatic heterocycles. The fourth-order valence-corrected chi connectivity index (χ4v) is 6.22. The average Bonchev–Trinajstić information content (AvgIpc) is 3.22. The smallest absolute Gasteiger partial charge is 0.157 e. The molecule has 0 bridgehead atoms. The summed E-state index contributed by atoms with van der Waals surface area (Å²) in [5.41, 5.74) is 9.14. The van der Waals surface area contributed by atoms with E-state index in [0.29, 0.717) is 6.04 Å². The molecule has 2 atom stereocenters. The minimum absolute atomic E-state index is 0.00137. The lowest BCUT2D eigenvalue weighted by atomic mass is 9.51. The van der Waals surface area contributed by atoms with Gasteiger partial charge in [0.2, 0.25) is 0 Å². The molecule has 0 amide bonds. The molecular formula is C24H30N2O. The van der Waals surface area contributed by atoms with Gasteiger partial charge in [0.15, 0.2) is 5.58 Å². The Balaban J connectivity index is 1.97. The molecule has 0 radical (unpaired) electrons. The molecule has 2 aliphatic rings.